The lowest BCUT2D eigenvalue weighted by atomic mass is 9.74. The Morgan fingerprint density at radius 3 is 2.43 bits per heavy atom. The molecule has 1 N–H and O–H groups in total. The molecule has 1 fully saturated rings. The molecule has 1 aliphatic carbocycles. The Labute approximate surface area is 130 Å². The molecular formula is C20H32O. The zero-order chi connectivity index (χ0) is 14.9. The monoisotopic (exact) mass is 288 g/mol. The number of benzene rings is 1. The number of unbranched alkanes of at least 4 members (excludes halogenated alkanes) is 5. The minimum Gasteiger partial charge on any atom is -0.393 e. The molecule has 1 saturated carbocycles. The molecule has 21 heavy (non-hydrogen) atoms. The molecule has 1 aromatic carbocycles. The number of aliphatic hydroxyl groups is 1. The molecule has 118 valence electrons. The van der Waals surface area contributed by atoms with Crippen molar-refractivity contribution in [3.05, 3.63) is 35.9 Å². The van der Waals surface area contributed by atoms with Crippen molar-refractivity contribution < 1.29 is 5.11 Å². The van der Waals surface area contributed by atoms with Crippen LogP contribution in [0.5, 0.6) is 0 Å². The Morgan fingerprint density at radius 1 is 0.952 bits per heavy atom. The smallest absolute Gasteiger partial charge is 0.0568 e. The fraction of sp³-hybridized carbons (Fsp3) is 0.700. The quantitative estimate of drug-likeness (QED) is 0.610. The van der Waals surface area contributed by atoms with Gasteiger partial charge in [0.2, 0.25) is 0 Å². The van der Waals surface area contributed by atoms with Crippen LogP contribution < -0.4 is 0 Å². The standard InChI is InChI=1S/C20H32O/c1-2-3-4-5-6-8-13-19-16-18(14-15-20(19)21)17-11-9-7-10-12-17/h7,9-12,18-21H,2-6,8,13-16H2,1H3. The second kappa shape index (κ2) is 9.25. The summed E-state index contributed by atoms with van der Waals surface area (Å²) in [7, 11) is 0. The maximum atomic E-state index is 10.3. The van der Waals surface area contributed by atoms with Crippen molar-refractivity contribution in [2.45, 2.75) is 83.2 Å². The molecule has 0 bridgehead atoms. The summed E-state index contributed by atoms with van der Waals surface area (Å²) in [6.07, 6.45) is 12.6. The zero-order valence-corrected chi connectivity index (χ0v) is 13.6. The molecule has 1 nitrogen and oxygen atoms in total. The third-order valence-electron chi connectivity index (χ3n) is 5.14. The molecule has 3 atom stereocenters. The Kier molecular flexibility index (Phi) is 7.29. The van der Waals surface area contributed by atoms with Gasteiger partial charge in [-0.1, -0.05) is 75.8 Å². The first-order chi connectivity index (χ1) is 10.3. The highest BCUT2D eigenvalue weighted by atomic mass is 16.3. The van der Waals surface area contributed by atoms with E-state index in [1.165, 1.54) is 56.9 Å². The van der Waals surface area contributed by atoms with E-state index in [1.807, 2.05) is 0 Å². The third kappa shape index (κ3) is 5.47. The van der Waals surface area contributed by atoms with Crippen LogP contribution in [0.3, 0.4) is 0 Å². The van der Waals surface area contributed by atoms with Crippen molar-refractivity contribution in [3.63, 3.8) is 0 Å². The van der Waals surface area contributed by atoms with E-state index in [4.69, 9.17) is 0 Å². The van der Waals surface area contributed by atoms with Gasteiger partial charge in [-0.25, -0.2) is 0 Å². The van der Waals surface area contributed by atoms with E-state index in [1.54, 1.807) is 0 Å². The number of hydrogen-bond acceptors (Lipinski definition) is 1. The van der Waals surface area contributed by atoms with E-state index in [2.05, 4.69) is 37.3 Å². The first-order valence-electron chi connectivity index (χ1n) is 9.04. The van der Waals surface area contributed by atoms with Gasteiger partial charge in [0, 0.05) is 0 Å². The summed E-state index contributed by atoms with van der Waals surface area (Å²) in [5, 5.41) is 10.3. The highest BCUT2D eigenvalue weighted by molar-refractivity contribution is 5.20. The first-order valence-corrected chi connectivity index (χ1v) is 9.04. The molecule has 2 rings (SSSR count). The van der Waals surface area contributed by atoms with Gasteiger partial charge in [0.25, 0.3) is 0 Å². The maximum Gasteiger partial charge on any atom is 0.0568 e. The summed E-state index contributed by atoms with van der Waals surface area (Å²) in [6, 6.07) is 10.9. The van der Waals surface area contributed by atoms with Gasteiger partial charge in [-0.15, -0.1) is 0 Å². The summed E-state index contributed by atoms with van der Waals surface area (Å²) in [5.74, 6) is 1.19. The molecule has 1 heteroatoms. The molecule has 0 amide bonds. The summed E-state index contributed by atoms with van der Waals surface area (Å²) >= 11 is 0. The van der Waals surface area contributed by atoms with Gasteiger partial charge in [0.05, 0.1) is 6.10 Å². The van der Waals surface area contributed by atoms with Gasteiger partial charge in [-0.3, -0.25) is 0 Å². The molecule has 0 aromatic heterocycles. The number of aliphatic hydroxyl groups excluding tert-OH is 1. The van der Waals surface area contributed by atoms with Crippen molar-refractivity contribution in [2.75, 3.05) is 0 Å². The second-order valence-corrected chi connectivity index (χ2v) is 6.80. The normalized spacial score (nSPS) is 25.9. The lowest BCUT2D eigenvalue weighted by Gasteiger charge is -2.33. The Bertz CT molecular complexity index is 373. The van der Waals surface area contributed by atoms with Crippen LogP contribution in [0, 0.1) is 5.92 Å². The van der Waals surface area contributed by atoms with E-state index >= 15 is 0 Å². The van der Waals surface area contributed by atoms with Crippen LogP contribution in [0.15, 0.2) is 30.3 Å². The number of rotatable bonds is 8. The topological polar surface area (TPSA) is 20.2 Å². The average molecular weight is 288 g/mol. The highest BCUT2D eigenvalue weighted by Crippen LogP contribution is 2.38. The molecule has 0 aliphatic heterocycles. The van der Waals surface area contributed by atoms with E-state index in [-0.39, 0.29) is 6.10 Å². The predicted molar refractivity (Wildman–Crippen MR) is 90.5 cm³/mol. The van der Waals surface area contributed by atoms with Gasteiger partial charge in [-0.2, -0.15) is 0 Å². The average Bonchev–Trinajstić information content (AvgIpc) is 2.53. The van der Waals surface area contributed by atoms with Gasteiger partial charge in [-0.05, 0) is 43.1 Å². The molecule has 0 spiro atoms. The van der Waals surface area contributed by atoms with E-state index in [9.17, 15) is 5.11 Å². The molecular weight excluding hydrogens is 256 g/mol. The van der Waals surface area contributed by atoms with Crippen LogP contribution in [0.4, 0.5) is 0 Å². The molecule has 0 heterocycles. The van der Waals surface area contributed by atoms with Crippen LogP contribution in [0.2, 0.25) is 0 Å². The summed E-state index contributed by atoms with van der Waals surface area (Å²) < 4.78 is 0. The molecule has 1 aliphatic rings. The first kappa shape index (κ1) is 16.5. The Morgan fingerprint density at radius 2 is 1.67 bits per heavy atom. The highest BCUT2D eigenvalue weighted by Gasteiger charge is 2.29. The van der Waals surface area contributed by atoms with Gasteiger partial charge >= 0.3 is 0 Å². The summed E-state index contributed by atoms with van der Waals surface area (Å²) in [5.41, 5.74) is 1.47. The molecule has 0 radical (unpaired) electrons. The van der Waals surface area contributed by atoms with Gasteiger partial charge < -0.3 is 5.11 Å². The maximum absolute atomic E-state index is 10.3. The van der Waals surface area contributed by atoms with Gasteiger partial charge in [0.15, 0.2) is 0 Å². The SMILES string of the molecule is CCCCCCCCC1CC(c2ccccc2)CCC1O. The van der Waals surface area contributed by atoms with Crippen LogP contribution in [-0.4, -0.2) is 11.2 Å². The third-order valence-corrected chi connectivity index (χ3v) is 5.14. The number of hydrogen-bond donors (Lipinski definition) is 1. The minimum atomic E-state index is -0.0550. The summed E-state index contributed by atoms with van der Waals surface area (Å²) in [4.78, 5) is 0. The lowest BCUT2D eigenvalue weighted by molar-refractivity contribution is 0.0559. The van der Waals surface area contributed by atoms with E-state index in [0.717, 1.165) is 12.8 Å². The molecule has 3 unspecified atom stereocenters. The zero-order valence-electron chi connectivity index (χ0n) is 13.6. The Balaban J connectivity index is 1.74. The Hall–Kier alpha value is -0.820. The van der Waals surface area contributed by atoms with Crippen LogP contribution in [-0.2, 0) is 0 Å². The van der Waals surface area contributed by atoms with Crippen LogP contribution in [0.1, 0.15) is 82.6 Å². The van der Waals surface area contributed by atoms with Gasteiger partial charge in [0.1, 0.15) is 0 Å². The second-order valence-electron chi connectivity index (χ2n) is 6.80. The van der Waals surface area contributed by atoms with Crippen LogP contribution >= 0.6 is 0 Å². The fourth-order valence-electron chi connectivity index (χ4n) is 3.77. The van der Waals surface area contributed by atoms with Crippen molar-refractivity contribution in [1.29, 1.82) is 0 Å². The van der Waals surface area contributed by atoms with Crippen molar-refractivity contribution in [1.82, 2.24) is 0 Å². The minimum absolute atomic E-state index is 0.0550. The predicted octanol–water partition coefficient (Wildman–Crippen LogP) is 5.68. The van der Waals surface area contributed by atoms with E-state index in [0.29, 0.717) is 11.8 Å². The van der Waals surface area contributed by atoms with Crippen molar-refractivity contribution >= 4 is 0 Å². The van der Waals surface area contributed by atoms with Crippen LogP contribution in [0.25, 0.3) is 0 Å². The fourth-order valence-corrected chi connectivity index (χ4v) is 3.77. The van der Waals surface area contributed by atoms with Crippen molar-refractivity contribution in [2.24, 2.45) is 5.92 Å². The van der Waals surface area contributed by atoms with Crippen molar-refractivity contribution in [3.8, 4) is 0 Å². The molecule has 0 saturated heterocycles. The summed E-state index contributed by atoms with van der Waals surface area (Å²) in [6.45, 7) is 2.27. The lowest BCUT2D eigenvalue weighted by Crippen LogP contribution is -2.28. The van der Waals surface area contributed by atoms with E-state index < -0.39 is 0 Å². The molecule has 1 aromatic rings. The largest absolute Gasteiger partial charge is 0.393 e.